The molecule has 1 aromatic carbocycles. The van der Waals surface area contributed by atoms with Gasteiger partial charge in [-0.2, -0.15) is 4.98 Å². The van der Waals surface area contributed by atoms with Crippen LogP contribution in [0.1, 0.15) is 19.2 Å². The van der Waals surface area contributed by atoms with Crippen molar-refractivity contribution in [3.8, 4) is 11.4 Å². The number of nitrogens with zero attached hydrogens (tertiary/aromatic N) is 3. The number of benzene rings is 1. The summed E-state index contributed by atoms with van der Waals surface area (Å²) in [4.78, 5) is 8.69. The quantitative estimate of drug-likeness (QED) is 0.786. The van der Waals surface area contributed by atoms with Crippen molar-refractivity contribution in [1.82, 2.24) is 15.1 Å². The monoisotopic (exact) mass is 268 g/mol. The lowest BCUT2D eigenvalue weighted by Crippen LogP contribution is -2.21. The van der Waals surface area contributed by atoms with Gasteiger partial charge in [0.15, 0.2) is 0 Å². The minimum Gasteiger partial charge on any atom is -0.339 e. The highest BCUT2D eigenvalue weighted by atomic mass is 16.5. The molecule has 5 nitrogen and oxygen atoms in total. The largest absolute Gasteiger partial charge is 0.339 e. The van der Waals surface area contributed by atoms with Crippen LogP contribution >= 0.6 is 0 Å². The van der Waals surface area contributed by atoms with Crippen molar-refractivity contribution in [1.29, 1.82) is 0 Å². The third kappa shape index (κ3) is 2.53. The molecule has 0 bridgehead atoms. The van der Waals surface area contributed by atoms with Crippen molar-refractivity contribution in [2.75, 3.05) is 0 Å². The number of fused-ring (bicyclic) bond motifs is 1. The van der Waals surface area contributed by atoms with E-state index in [1.807, 2.05) is 37.3 Å². The van der Waals surface area contributed by atoms with Gasteiger partial charge in [-0.25, -0.2) is 0 Å². The maximum Gasteiger partial charge on any atom is 0.228 e. The van der Waals surface area contributed by atoms with E-state index >= 15 is 0 Å². The predicted octanol–water partition coefficient (Wildman–Crippen LogP) is 2.56. The SMILES string of the molecule is CCC(N)Cc1nc(-c2ccc3ncccc3c2)no1. The number of nitrogens with two attached hydrogens (primary N) is 1. The van der Waals surface area contributed by atoms with Gasteiger partial charge in [0.05, 0.1) is 5.52 Å². The molecule has 0 aliphatic heterocycles. The number of pyridine rings is 1. The van der Waals surface area contributed by atoms with E-state index in [2.05, 4.69) is 15.1 Å². The Balaban J connectivity index is 1.91. The summed E-state index contributed by atoms with van der Waals surface area (Å²) in [6, 6.07) is 9.90. The molecule has 0 amide bonds. The lowest BCUT2D eigenvalue weighted by Gasteiger charge is -2.02. The standard InChI is InChI=1S/C15H16N4O/c1-2-12(16)9-14-18-15(19-20-14)11-5-6-13-10(8-11)4-3-7-17-13/h3-8,12H,2,9,16H2,1H3. The summed E-state index contributed by atoms with van der Waals surface area (Å²) in [7, 11) is 0. The molecule has 0 aliphatic carbocycles. The molecule has 0 radical (unpaired) electrons. The van der Waals surface area contributed by atoms with Crippen molar-refractivity contribution in [2.45, 2.75) is 25.8 Å². The van der Waals surface area contributed by atoms with Crippen LogP contribution in [0.2, 0.25) is 0 Å². The first-order valence-corrected chi connectivity index (χ1v) is 6.69. The van der Waals surface area contributed by atoms with Gasteiger partial charge >= 0.3 is 0 Å². The van der Waals surface area contributed by atoms with Gasteiger partial charge in [0.2, 0.25) is 11.7 Å². The van der Waals surface area contributed by atoms with Gasteiger partial charge in [0.1, 0.15) is 0 Å². The van der Waals surface area contributed by atoms with Crippen molar-refractivity contribution in [2.24, 2.45) is 5.73 Å². The van der Waals surface area contributed by atoms with Crippen LogP contribution in [0.25, 0.3) is 22.3 Å². The topological polar surface area (TPSA) is 77.8 Å². The summed E-state index contributed by atoms with van der Waals surface area (Å²) in [5.41, 5.74) is 7.76. The van der Waals surface area contributed by atoms with E-state index in [0.717, 1.165) is 22.9 Å². The fourth-order valence-electron chi connectivity index (χ4n) is 2.04. The first-order chi connectivity index (χ1) is 9.76. The summed E-state index contributed by atoms with van der Waals surface area (Å²) in [5.74, 6) is 1.18. The molecule has 0 fully saturated rings. The van der Waals surface area contributed by atoms with Gasteiger partial charge in [-0.05, 0) is 30.7 Å². The average molecular weight is 268 g/mol. The van der Waals surface area contributed by atoms with E-state index in [-0.39, 0.29) is 6.04 Å². The zero-order chi connectivity index (χ0) is 13.9. The van der Waals surface area contributed by atoms with Gasteiger partial charge in [-0.3, -0.25) is 4.98 Å². The highest BCUT2D eigenvalue weighted by Gasteiger charge is 2.11. The minimum atomic E-state index is 0.0594. The van der Waals surface area contributed by atoms with Crippen LogP contribution in [0.4, 0.5) is 0 Å². The molecule has 0 spiro atoms. The van der Waals surface area contributed by atoms with Gasteiger partial charge in [-0.15, -0.1) is 0 Å². The molecule has 1 atom stereocenters. The van der Waals surface area contributed by atoms with Crippen molar-refractivity contribution < 1.29 is 4.52 Å². The van der Waals surface area contributed by atoms with Crippen LogP contribution < -0.4 is 5.73 Å². The highest BCUT2D eigenvalue weighted by molar-refractivity contribution is 5.82. The van der Waals surface area contributed by atoms with Crippen molar-refractivity contribution >= 4 is 10.9 Å². The molecule has 0 saturated carbocycles. The minimum absolute atomic E-state index is 0.0594. The number of aromatic nitrogens is 3. The van der Waals surface area contributed by atoms with Gasteiger partial charge < -0.3 is 10.3 Å². The van der Waals surface area contributed by atoms with Crippen LogP contribution in [0.3, 0.4) is 0 Å². The Morgan fingerprint density at radius 3 is 3.05 bits per heavy atom. The van der Waals surface area contributed by atoms with Crippen molar-refractivity contribution in [3.63, 3.8) is 0 Å². The Labute approximate surface area is 116 Å². The fraction of sp³-hybridized carbons (Fsp3) is 0.267. The predicted molar refractivity (Wildman–Crippen MR) is 77.0 cm³/mol. The second kappa shape index (κ2) is 5.38. The molecule has 3 aromatic rings. The molecule has 20 heavy (non-hydrogen) atoms. The lowest BCUT2D eigenvalue weighted by atomic mass is 10.1. The van der Waals surface area contributed by atoms with E-state index in [4.69, 9.17) is 10.3 Å². The van der Waals surface area contributed by atoms with Crippen LogP contribution in [-0.4, -0.2) is 21.2 Å². The van der Waals surface area contributed by atoms with E-state index in [1.165, 1.54) is 0 Å². The summed E-state index contributed by atoms with van der Waals surface area (Å²) in [6.07, 6.45) is 3.28. The van der Waals surface area contributed by atoms with E-state index < -0.39 is 0 Å². The summed E-state index contributed by atoms with van der Waals surface area (Å²) < 4.78 is 5.25. The van der Waals surface area contributed by atoms with Crippen LogP contribution in [-0.2, 0) is 6.42 Å². The lowest BCUT2D eigenvalue weighted by molar-refractivity contribution is 0.368. The van der Waals surface area contributed by atoms with Gasteiger partial charge in [-0.1, -0.05) is 18.1 Å². The molecular weight excluding hydrogens is 252 g/mol. The number of hydrogen-bond acceptors (Lipinski definition) is 5. The Morgan fingerprint density at radius 2 is 2.20 bits per heavy atom. The third-order valence-electron chi connectivity index (χ3n) is 3.29. The third-order valence-corrected chi connectivity index (χ3v) is 3.29. The Bertz CT molecular complexity index is 722. The fourth-order valence-corrected chi connectivity index (χ4v) is 2.04. The molecule has 0 saturated heterocycles. The van der Waals surface area contributed by atoms with Crippen LogP contribution in [0, 0.1) is 0 Å². The maximum atomic E-state index is 5.89. The second-order valence-corrected chi connectivity index (χ2v) is 4.80. The Morgan fingerprint density at radius 1 is 1.30 bits per heavy atom. The van der Waals surface area contributed by atoms with E-state index in [9.17, 15) is 0 Å². The van der Waals surface area contributed by atoms with Crippen LogP contribution in [0.15, 0.2) is 41.1 Å². The molecule has 0 aliphatic rings. The van der Waals surface area contributed by atoms with E-state index in [1.54, 1.807) is 6.20 Å². The first kappa shape index (κ1) is 12.7. The molecule has 2 aromatic heterocycles. The van der Waals surface area contributed by atoms with Gasteiger partial charge in [0.25, 0.3) is 0 Å². The molecule has 3 rings (SSSR count). The van der Waals surface area contributed by atoms with Crippen LogP contribution in [0.5, 0.6) is 0 Å². The smallest absolute Gasteiger partial charge is 0.228 e. The summed E-state index contributed by atoms with van der Waals surface area (Å²) >= 11 is 0. The molecule has 2 N–H and O–H groups in total. The van der Waals surface area contributed by atoms with E-state index in [0.29, 0.717) is 18.1 Å². The van der Waals surface area contributed by atoms with Crippen molar-refractivity contribution in [3.05, 3.63) is 42.4 Å². The Kier molecular flexibility index (Phi) is 3.43. The zero-order valence-electron chi connectivity index (χ0n) is 11.3. The summed E-state index contributed by atoms with van der Waals surface area (Å²) in [6.45, 7) is 2.04. The summed E-state index contributed by atoms with van der Waals surface area (Å²) in [5, 5.41) is 5.08. The highest BCUT2D eigenvalue weighted by Crippen LogP contribution is 2.21. The number of hydrogen-bond donors (Lipinski definition) is 1. The Hall–Kier alpha value is -2.27. The molecule has 1 unspecified atom stereocenters. The molecule has 5 heteroatoms. The number of rotatable bonds is 4. The zero-order valence-corrected chi connectivity index (χ0v) is 11.3. The van der Waals surface area contributed by atoms with Gasteiger partial charge in [0, 0.05) is 29.6 Å². The normalized spacial score (nSPS) is 12.7. The first-order valence-electron chi connectivity index (χ1n) is 6.69. The molecule has 102 valence electrons. The molecular formula is C15H16N4O. The average Bonchev–Trinajstić information content (AvgIpc) is 2.95. The second-order valence-electron chi connectivity index (χ2n) is 4.80. The maximum absolute atomic E-state index is 5.89. The molecule has 2 heterocycles.